The maximum atomic E-state index is 11.6. The van der Waals surface area contributed by atoms with E-state index in [2.05, 4.69) is 34.4 Å². The summed E-state index contributed by atoms with van der Waals surface area (Å²) in [6.45, 7) is 10.1. The Labute approximate surface area is 182 Å². The lowest BCUT2D eigenvalue weighted by Crippen LogP contribution is -2.50. The molecule has 0 bridgehead atoms. The Bertz CT molecular complexity index is 554. The highest BCUT2D eigenvalue weighted by molar-refractivity contribution is 14.0. The molecule has 0 aliphatic carbocycles. The molecule has 7 nitrogen and oxygen atoms in total. The van der Waals surface area contributed by atoms with E-state index in [0.717, 1.165) is 57.2 Å². The number of guanidine groups is 1. The summed E-state index contributed by atoms with van der Waals surface area (Å²) in [4.78, 5) is 6.91. The fourth-order valence-electron chi connectivity index (χ4n) is 3.85. The van der Waals surface area contributed by atoms with Crippen molar-refractivity contribution in [1.82, 2.24) is 19.8 Å². The highest BCUT2D eigenvalue weighted by Crippen LogP contribution is 2.18. The highest BCUT2D eigenvalue weighted by atomic mass is 127. The lowest BCUT2D eigenvalue weighted by Gasteiger charge is -2.34. The van der Waals surface area contributed by atoms with Crippen LogP contribution in [0.25, 0.3) is 0 Å². The summed E-state index contributed by atoms with van der Waals surface area (Å²) in [5, 5.41) is 7.00. The lowest BCUT2D eigenvalue weighted by atomic mass is 9.98. The molecule has 0 spiro atoms. The number of piperidine rings is 2. The Morgan fingerprint density at radius 3 is 2.19 bits per heavy atom. The number of hydrogen-bond donors (Lipinski definition) is 2. The molecular weight excluding hydrogens is 477 g/mol. The summed E-state index contributed by atoms with van der Waals surface area (Å²) in [6, 6.07) is 0.483. The standard InChI is InChI=1S/C18H37N5O2S.HI/c1-15(2)14-22-9-7-17(8-10-22)21-18(19-3)20-13-16-5-11-23(12-6-16)26(4,24)25;/h15-17H,5-14H2,1-4H3,(H2,19,20,21);1H. The molecule has 0 aromatic heterocycles. The number of likely N-dealkylation sites (tertiary alicyclic amines) is 1. The molecule has 2 aliphatic rings. The van der Waals surface area contributed by atoms with Gasteiger partial charge in [-0.3, -0.25) is 4.99 Å². The van der Waals surface area contributed by atoms with Crippen LogP contribution in [0, 0.1) is 11.8 Å². The minimum absolute atomic E-state index is 0. The summed E-state index contributed by atoms with van der Waals surface area (Å²) in [6.07, 6.45) is 5.42. The molecule has 2 saturated heterocycles. The van der Waals surface area contributed by atoms with Gasteiger partial charge in [-0.25, -0.2) is 12.7 Å². The van der Waals surface area contributed by atoms with E-state index in [-0.39, 0.29) is 24.0 Å². The zero-order valence-electron chi connectivity index (χ0n) is 17.3. The molecule has 2 rings (SSSR count). The number of sulfonamides is 1. The van der Waals surface area contributed by atoms with Crippen LogP contribution in [0.5, 0.6) is 0 Å². The normalized spacial score (nSPS) is 21.9. The van der Waals surface area contributed by atoms with Crippen LogP contribution in [0.2, 0.25) is 0 Å². The predicted octanol–water partition coefficient (Wildman–Crippen LogP) is 1.56. The summed E-state index contributed by atoms with van der Waals surface area (Å²) >= 11 is 0. The molecular formula is C18H38IN5O2S. The topological polar surface area (TPSA) is 77.0 Å². The van der Waals surface area contributed by atoms with Gasteiger partial charge in [0.1, 0.15) is 0 Å². The van der Waals surface area contributed by atoms with E-state index >= 15 is 0 Å². The number of aliphatic imine (C=N–C) groups is 1. The van der Waals surface area contributed by atoms with Crippen molar-refractivity contribution >= 4 is 40.0 Å². The van der Waals surface area contributed by atoms with Gasteiger partial charge in [-0.2, -0.15) is 0 Å². The minimum Gasteiger partial charge on any atom is -0.356 e. The summed E-state index contributed by atoms with van der Waals surface area (Å²) in [5.74, 6) is 2.10. The molecule has 0 aromatic rings. The van der Waals surface area contributed by atoms with Crippen LogP contribution in [0.1, 0.15) is 39.5 Å². The second-order valence-corrected chi connectivity index (χ2v) is 10.2. The molecule has 9 heteroatoms. The monoisotopic (exact) mass is 515 g/mol. The van der Waals surface area contributed by atoms with E-state index in [4.69, 9.17) is 0 Å². The molecule has 2 fully saturated rings. The number of nitrogens with one attached hydrogen (secondary N) is 2. The van der Waals surface area contributed by atoms with Crippen LogP contribution < -0.4 is 10.6 Å². The molecule has 0 radical (unpaired) electrons. The maximum absolute atomic E-state index is 11.6. The van der Waals surface area contributed by atoms with Crippen molar-refractivity contribution in [3.63, 3.8) is 0 Å². The average Bonchev–Trinajstić information content (AvgIpc) is 2.59. The Morgan fingerprint density at radius 1 is 1.11 bits per heavy atom. The Balaban J connectivity index is 0.00000364. The second kappa shape index (κ2) is 11.8. The van der Waals surface area contributed by atoms with E-state index in [1.807, 2.05) is 7.05 Å². The van der Waals surface area contributed by atoms with Crippen LogP contribution in [0.15, 0.2) is 4.99 Å². The van der Waals surface area contributed by atoms with Crippen molar-refractivity contribution in [2.45, 2.75) is 45.6 Å². The van der Waals surface area contributed by atoms with Crippen molar-refractivity contribution in [3.05, 3.63) is 0 Å². The average molecular weight is 516 g/mol. The maximum Gasteiger partial charge on any atom is 0.211 e. The molecule has 0 saturated carbocycles. The van der Waals surface area contributed by atoms with Crippen molar-refractivity contribution < 1.29 is 8.42 Å². The summed E-state index contributed by atoms with van der Waals surface area (Å²) in [5.41, 5.74) is 0. The molecule has 2 aliphatic heterocycles. The van der Waals surface area contributed by atoms with E-state index in [0.29, 0.717) is 25.0 Å². The smallest absolute Gasteiger partial charge is 0.211 e. The predicted molar refractivity (Wildman–Crippen MR) is 123 cm³/mol. The van der Waals surface area contributed by atoms with Crippen molar-refractivity contribution in [1.29, 1.82) is 0 Å². The van der Waals surface area contributed by atoms with E-state index < -0.39 is 10.0 Å². The SMILES string of the molecule is CN=C(NCC1CCN(S(C)(=O)=O)CC1)NC1CCN(CC(C)C)CC1.I. The molecule has 2 N–H and O–H groups in total. The molecule has 160 valence electrons. The van der Waals surface area contributed by atoms with Crippen molar-refractivity contribution in [3.8, 4) is 0 Å². The fourth-order valence-corrected chi connectivity index (χ4v) is 4.72. The Hall–Kier alpha value is -0.130. The molecule has 2 heterocycles. The zero-order chi connectivity index (χ0) is 19.2. The third-order valence-electron chi connectivity index (χ3n) is 5.38. The zero-order valence-corrected chi connectivity index (χ0v) is 20.4. The van der Waals surface area contributed by atoms with Gasteiger partial charge in [0.15, 0.2) is 5.96 Å². The molecule has 0 atom stereocenters. The first-order chi connectivity index (χ1) is 12.3. The molecule has 0 aromatic carbocycles. The van der Waals surface area contributed by atoms with Gasteiger partial charge >= 0.3 is 0 Å². The third-order valence-corrected chi connectivity index (χ3v) is 6.68. The molecule has 27 heavy (non-hydrogen) atoms. The number of hydrogen-bond acceptors (Lipinski definition) is 4. The van der Waals surface area contributed by atoms with E-state index in [1.165, 1.54) is 12.8 Å². The fraction of sp³-hybridized carbons (Fsp3) is 0.944. The van der Waals surface area contributed by atoms with Gasteiger partial charge in [0.05, 0.1) is 6.26 Å². The summed E-state index contributed by atoms with van der Waals surface area (Å²) in [7, 11) is -1.23. The highest BCUT2D eigenvalue weighted by Gasteiger charge is 2.25. The largest absolute Gasteiger partial charge is 0.356 e. The number of rotatable bonds is 6. The summed E-state index contributed by atoms with van der Waals surface area (Å²) < 4.78 is 24.8. The third kappa shape index (κ3) is 8.82. The minimum atomic E-state index is -3.04. The van der Waals surface area contributed by atoms with Gasteiger partial charge in [-0.15, -0.1) is 24.0 Å². The lowest BCUT2D eigenvalue weighted by molar-refractivity contribution is 0.186. The first kappa shape index (κ1) is 24.9. The molecule has 0 unspecified atom stereocenters. The Morgan fingerprint density at radius 2 is 1.70 bits per heavy atom. The van der Waals surface area contributed by atoms with Gasteiger partial charge in [0.25, 0.3) is 0 Å². The number of nitrogens with zero attached hydrogens (tertiary/aromatic N) is 3. The van der Waals surface area contributed by atoms with Crippen LogP contribution in [-0.4, -0.2) is 82.2 Å². The van der Waals surface area contributed by atoms with Crippen LogP contribution >= 0.6 is 24.0 Å². The van der Waals surface area contributed by atoms with Gasteiger partial charge < -0.3 is 15.5 Å². The van der Waals surface area contributed by atoms with Gasteiger partial charge in [0.2, 0.25) is 10.0 Å². The van der Waals surface area contributed by atoms with Gasteiger partial charge in [0, 0.05) is 52.4 Å². The van der Waals surface area contributed by atoms with Crippen molar-refractivity contribution in [2.75, 3.05) is 52.6 Å². The quantitative estimate of drug-likeness (QED) is 0.319. The Kier molecular flexibility index (Phi) is 10.9. The van der Waals surface area contributed by atoms with E-state index in [9.17, 15) is 8.42 Å². The second-order valence-electron chi connectivity index (χ2n) is 8.17. The van der Waals surface area contributed by atoms with E-state index in [1.54, 1.807) is 4.31 Å². The molecule has 0 amide bonds. The van der Waals surface area contributed by atoms with Gasteiger partial charge in [-0.05, 0) is 37.5 Å². The first-order valence-electron chi connectivity index (χ1n) is 9.92. The number of halogens is 1. The van der Waals surface area contributed by atoms with Gasteiger partial charge in [-0.1, -0.05) is 13.8 Å². The first-order valence-corrected chi connectivity index (χ1v) is 11.8. The van der Waals surface area contributed by atoms with Crippen molar-refractivity contribution in [2.24, 2.45) is 16.8 Å². The van der Waals surface area contributed by atoms with Crippen LogP contribution in [-0.2, 0) is 10.0 Å². The van der Waals surface area contributed by atoms with Crippen LogP contribution in [0.4, 0.5) is 0 Å². The van der Waals surface area contributed by atoms with Crippen LogP contribution in [0.3, 0.4) is 0 Å².